The van der Waals surface area contributed by atoms with E-state index in [0.717, 1.165) is 5.56 Å². The molecule has 1 atom stereocenters. The molecule has 1 heterocycles. The molecule has 0 spiro atoms. The molecule has 0 bridgehead atoms. The summed E-state index contributed by atoms with van der Waals surface area (Å²) in [6.07, 6.45) is 4.35. The molecule has 1 unspecified atom stereocenters. The fraction of sp³-hybridized carbons (Fsp3) is 0.211. The Hall–Kier alpha value is -2.84. The molecule has 3 aromatic rings. The monoisotopic (exact) mass is 387 g/mol. The Labute approximate surface area is 158 Å². The SMILES string of the molecule is Cc1ccc(S(=O)(=O)Nc2ccc(OCC(O)Cn3ccnc3)cc2)cc1. The zero-order valence-electron chi connectivity index (χ0n) is 14.8. The molecule has 8 heteroatoms. The number of aromatic nitrogens is 2. The number of imidazole rings is 1. The lowest BCUT2D eigenvalue weighted by Crippen LogP contribution is -2.23. The quantitative estimate of drug-likeness (QED) is 0.619. The van der Waals surface area contributed by atoms with E-state index in [9.17, 15) is 13.5 Å². The number of hydrogen-bond donors (Lipinski definition) is 2. The van der Waals surface area contributed by atoms with Crippen LogP contribution in [0.2, 0.25) is 0 Å². The molecule has 7 nitrogen and oxygen atoms in total. The number of benzene rings is 2. The molecule has 0 saturated heterocycles. The minimum absolute atomic E-state index is 0.118. The Bertz CT molecular complexity index is 953. The van der Waals surface area contributed by atoms with Crippen molar-refractivity contribution in [1.29, 1.82) is 0 Å². The molecule has 0 aliphatic carbocycles. The Balaban J connectivity index is 1.56. The van der Waals surface area contributed by atoms with Crippen molar-refractivity contribution < 1.29 is 18.3 Å². The smallest absolute Gasteiger partial charge is 0.261 e. The average molecular weight is 387 g/mol. The van der Waals surface area contributed by atoms with Crippen molar-refractivity contribution in [3.63, 3.8) is 0 Å². The zero-order valence-corrected chi connectivity index (χ0v) is 15.6. The maximum absolute atomic E-state index is 12.4. The summed E-state index contributed by atoms with van der Waals surface area (Å²) >= 11 is 0. The molecule has 1 aromatic heterocycles. The van der Waals surface area contributed by atoms with Crippen molar-refractivity contribution in [3.05, 3.63) is 72.8 Å². The van der Waals surface area contributed by atoms with Gasteiger partial charge in [0, 0.05) is 18.1 Å². The van der Waals surface area contributed by atoms with Crippen LogP contribution in [0, 0.1) is 6.92 Å². The maximum Gasteiger partial charge on any atom is 0.261 e. The van der Waals surface area contributed by atoms with Crippen LogP contribution in [0.25, 0.3) is 0 Å². The summed E-state index contributed by atoms with van der Waals surface area (Å²) in [7, 11) is -3.64. The van der Waals surface area contributed by atoms with E-state index in [-0.39, 0.29) is 11.5 Å². The van der Waals surface area contributed by atoms with Crippen LogP contribution < -0.4 is 9.46 Å². The van der Waals surface area contributed by atoms with Gasteiger partial charge in [0.1, 0.15) is 18.5 Å². The summed E-state index contributed by atoms with van der Waals surface area (Å²) in [6, 6.07) is 13.2. The van der Waals surface area contributed by atoms with Crippen LogP contribution in [-0.2, 0) is 16.6 Å². The number of sulfonamides is 1. The summed E-state index contributed by atoms with van der Waals surface area (Å²) < 4.78 is 34.6. The van der Waals surface area contributed by atoms with E-state index in [4.69, 9.17) is 4.74 Å². The number of ether oxygens (including phenoxy) is 1. The number of nitrogens with zero attached hydrogens (tertiary/aromatic N) is 2. The van der Waals surface area contributed by atoms with Crippen molar-refractivity contribution in [3.8, 4) is 5.75 Å². The number of aliphatic hydroxyl groups excluding tert-OH is 1. The highest BCUT2D eigenvalue weighted by Crippen LogP contribution is 2.20. The molecule has 27 heavy (non-hydrogen) atoms. The summed E-state index contributed by atoms with van der Waals surface area (Å²) in [6.45, 7) is 2.40. The van der Waals surface area contributed by atoms with Gasteiger partial charge in [-0.05, 0) is 43.3 Å². The highest BCUT2D eigenvalue weighted by atomic mass is 32.2. The number of anilines is 1. The lowest BCUT2D eigenvalue weighted by atomic mass is 10.2. The zero-order chi connectivity index (χ0) is 19.3. The van der Waals surface area contributed by atoms with Crippen LogP contribution >= 0.6 is 0 Å². The molecule has 2 N–H and O–H groups in total. The Morgan fingerprint density at radius 2 is 1.85 bits per heavy atom. The third-order valence-corrected chi connectivity index (χ3v) is 5.26. The van der Waals surface area contributed by atoms with Gasteiger partial charge in [-0.15, -0.1) is 0 Å². The molecule has 0 fully saturated rings. The predicted octanol–water partition coefficient (Wildman–Crippen LogP) is 2.43. The first kappa shape index (κ1) is 18.9. The van der Waals surface area contributed by atoms with Crippen LogP contribution in [0.15, 0.2) is 72.1 Å². The summed E-state index contributed by atoms with van der Waals surface area (Å²) in [4.78, 5) is 4.12. The second kappa shape index (κ2) is 8.24. The molecule has 0 radical (unpaired) electrons. The number of rotatable bonds is 8. The van der Waals surface area contributed by atoms with E-state index in [2.05, 4.69) is 9.71 Å². The van der Waals surface area contributed by atoms with E-state index in [1.165, 1.54) is 0 Å². The minimum atomic E-state index is -3.64. The predicted molar refractivity (Wildman–Crippen MR) is 102 cm³/mol. The Morgan fingerprint density at radius 3 is 2.48 bits per heavy atom. The van der Waals surface area contributed by atoms with Gasteiger partial charge in [0.15, 0.2) is 0 Å². The van der Waals surface area contributed by atoms with Gasteiger partial charge in [-0.25, -0.2) is 13.4 Å². The van der Waals surface area contributed by atoms with Gasteiger partial charge in [-0.2, -0.15) is 0 Å². The van der Waals surface area contributed by atoms with E-state index < -0.39 is 16.1 Å². The van der Waals surface area contributed by atoms with Crippen molar-refractivity contribution in [2.75, 3.05) is 11.3 Å². The van der Waals surface area contributed by atoms with Crippen LogP contribution in [-0.4, -0.2) is 35.8 Å². The second-order valence-electron chi connectivity index (χ2n) is 6.17. The van der Waals surface area contributed by atoms with Gasteiger partial charge >= 0.3 is 0 Å². The van der Waals surface area contributed by atoms with Crippen molar-refractivity contribution in [2.45, 2.75) is 24.5 Å². The number of nitrogens with one attached hydrogen (secondary N) is 1. The van der Waals surface area contributed by atoms with Gasteiger partial charge in [0.2, 0.25) is 0 Å². The number of aliphatic hydroxyl groups is 1. The summed E-state index contributed by atoms with van der Waals surface area (Å²) in [5.41, 5.74) is 1.42. The highest BCUT2D eigenvalue weighted by Gasteiger charge is 2.14. The largest absolute Gasteiger partial charge is 0.491 e. The molecule has 0 saturated carbocycles. The van der Waals surface area contributed by atoms with Crippen molar-refractivity contribution in [1.82, 2.24) is 9.55 Å². The molecule has 0 amide bonds. The first-order chi connectivity index (χ1) is 12.9. The standard InChI is InChI=1S/C19H21N3O4S/c1-15-2-8-19(9-3-15)27(24,25)21-16-4-6-18(7-5-16)26-13-17(23)12-22-11-10-20-14-22/h2-11,14,17,21,23H,12-13H2,1H3. The van der Waals surface area contributed by atoms with E-state index >= 15 is 0 Å². The Morgan fingerprint density at radius 1 is 1.15 bits per heavy atom. The van der Waals surface area contributed by atoms with Crippen molar-refractivity contribution in [2.24, 2.45) is 0 Å². The van der Waals surface area contributed by atoms with E-state index in [1.807, 2.05) is 6.92 Å². The van der Waals surface area contributed by atoms with E-state index in [1.54, 1.807) is 71.8 Å². The minimum Gasteiger partial charge on any atom is -0.491 e. The molecular weight excluding hydrogens is 366 g/mol. The van der Waals surface area contributed by atoms with Crippen LogP contribution in [0.3, 0.4) is 0 Å². The third kappa shape index (κ3) is 5.32. The van der Waals surface area contributed by atoms with Crippen LogP contribution in [0.4, 0.5) is 5.69 Å². The molecular formula is C19H21N3O4S. The van der Waals surface area contributed by atoms with Crippen LogP contribution in [0.1, 0.15) is 5.56 Å². The van der Waals surface area contributed by atoms with Gasteiger partial charge in [-0.1, -0.05) is 17.7 Å². The first-order valence-corrected chi connectivity index (χ1v) is 9.87. The molecule has 3 rings (SSSR count). The normalized spacial score (nSPS) is 12.5. The first-order valence-electron chi connectivity index (χ1n) is 8.38. The van der Waals surface area contributed by atoms with Crippen molar-refractivity contribution >= 4 is 15.7 Å². The molecule has 2 aromatic carbocycles. The Kier molecular flexibility index (Phi) is 5.78. The fourth-order valence-electron chi connectivity index (χ4n) is 2.43. The lowest BCUT2D eigenvalue weighted by molar-refractivity contribution is 0.0925. The van der Waals surface area contributed by atoms with E-state index in [0.29, 0.717) is 18.0 Å². The van der Waals surface area contributed by atoms with Gasteiger partial charge in [0.05, 0.1) is 17.8 Å². The molecule has 0 aliphatic heterocycles. The maximum atomic E-state index is 12.4. The fourth-order valence-corrected chi connectivity index (χ4v) is 3.49. The lowest BCUT2D eigenvalue weighted by Gasteiger charge is -2.13. The van der Waals surface area contributed by atoms with Gasteiger partial charge < -0.3 is 14.4 Å². The van der Waals surface area contributed by atoms with Gasteiger partial charge in [-0.3, -0.25) is 4.72 Å². The summed E-state index contributed by atoms with van der Waals surface area (Å²) in [5, 5.41) is 9.97. The molecule has 142 valence electrons. The highest BCUT2D eigenvalue weighted by molar-refractivity contribution is 7.92. The third-order valence-electron chi connectivity index (χ3n) is 3.86. The second-order valence-corrected chi connectivity index (χ2v) is 7.85. The summed E-state index contributed by atoms with van der Waals surface area (Å²) in [5.74, 6) is 0.540. The van der Waals surface area contributed by atoms with Gasteiger partial charge in [0.25, 0.3) is 10.0 Å². The topological polar surface area (TPSA) is 93.5 Å². The molecule has 0 aliphatic rings. The average Bonchev–Trinajstić information content (AvgIpc) is 3.14. The van der Waals surface area contributed by atoms with Crippen LogP contribution in [0.5, 0.6) is 5.75 Å². The number of hydrogen-bond acceptors (Lipinski definition) is 5. The number of aryl methyl sites for hydroxylation is 1.